The summed E-state index contributed by atoms with van der Waals surface area (Å²) in [6.07, 6.45) is 6.91. The number of urea groups is 1. The van der Waals surface area contributed by atoms with Gasteiger partial charge in [0.05, 0.1) is 6.54 Å². The van der Waals surface area contributed by atoms with Crippen molar-refractivity contribution in [3.05, 3.63) is 47.5 Å². The van der Waals surface area contributed by atoms with Crippen LogP contribution in [0.4, 0.5) is 9.59 Å². The largest absolute Gasteiger partial charge is 0.479 e. The highest BCUT2D eigenvalue weighted by Crippen LogP contribution is 2.45. The van der Waals surface area contributed by atoms with Gasteiger partial charge in [-0.1, -0.05) is 49.3 Å². The average molecular weight is 624 g/mol. The van der Waals surface area contributed by atoms with Crippen LogP contribution >= 0.6 is 0 Å². The minimum Gasteiger partial charge on any atom is -0.479 e. The third kappa shape index (κ3) is 7.59. The lowest BCUT2D eigenvalue weighted by Crippen LogP contribution is -2.58. The Morgan fingerprint density at radius 2 is 1.84 bits per heavy atom. The van der Waals surface area contributed by atoms with Gasteiger partial charge in [-0.05, 0) is 64.0 Å². The fraction of sp³-hybridized carbons (Fsp3) is 0.606. The summed E-state index contributed by atoms with van der Waals surface area (Å²) in [7, 11) is 0. The molecule has 5 rings (SSSR count). The summed E-state index contributed by atoms with van der Waals surface area (Å²) >= 11 is 0. The molecule has 2 fully saturated rings. The first kappa shape index (κ1) is 32.3. The van der Waals surface area contributed by atoms with Gasteiger partial charge in [0, 0.05) is 31.0 Å². The second kappa shape index (κ2) is 13.1. The van der Waals surface area contributed by atoms with E-state index in [-0.39, 0.29) is 25.3 Å². The van der Waals surface area contributed by atoms with E-state index in [0.29, 0.717) is 32.4 Å². The molecule has 3 heterocycles. The molecule has 3 aliphatic heterocycles. The van der Waals surface area contributed by atoms with E-state index in [9.17, 15) is 29.1 Å². The number of nitrogens with one attached hydrogen (secondary N) is 3. The molecular weight excluding hydrogens is 578 g/mol. The Balaban J connectivity index is 1.36. The Kier molecular flexibility index (Phi) is 9.41. The summed E-state index contributed by atoms with van der Waals surface area (Å²) < 4.78 is 5.88. The molecule has 1 saturated carbocycles. The van der Waals surface area contributed by atoms with Crippen LogP contribution < -0.4 is 16.0 Å². The van der Waals surface area contributed by atoms with Crippen molar-refractivity contribution >= 4 is 29.9 Å². The summed E-state index contributed by atoms with van der Waals surface area (Å²) in [6.45, 7) is 6.35. The number of carbonyl (C=O) groups excluding carboxylic acids is 4. The van der Waals surface area contributed by atoms with Gasteiger partial charge in [0.25, 0.3) is 0 Å². The van der Waals surface area contributed by atoms with E-state index in [1.54, 1.807) is 4.90 Å². The lowest BCUT2D eigenvalue weighted by Gasteiger charge is -2.30. The predicted octanol–water partition coefficient (Wildman–Crippen LogP) is 3.10. The highest BCUT2D eigenvalue weighted by Gasteiger charge is 2.61. The molecule has 0 spiro atoms. The van der Waals surface area contributed by atoms with Gasteiger partial charge in [-0.25, -0.2) is 14.4 Å². The number of aliphatic carboxylic acids is 1. The molecule has 244 valence electrons. The van der Waals surface area contributed by atoms with Gasteiger partial charge in [-0.2, -0.15) is 0 Å². The van der Waals surface area contributed by atoms with Crippen molar-refractivity contribution in [2.75, 3.05) is 13.1 Å². The minimum absolute atomic E-state index is 0.0187. The van der Waals surface area contributed by atoms with E-state index in [4.69, 9.17) is 4.74 Å². The maximum absolute atomic E-state index is 14.1. The molecule has 0 aromatic heterocycles. The molecule has 1 aromatic carbocycles. The molecule has 45 heavy (non-hydrogen) atoms. The van der Waals surface area contributed by atoms with Crippen LogP contribution in [0.2, 0.25) is 0 Å². The molecule has 4 N–H and O–H groups in total. The topological polar surface area (TPSA) is 157 Å². The molecule has 0 radical (unpaired) electrons. The number of carboxylic acids is 1. The molecule has 1 aliphatic carbocycles. The van der Waals surface area contributed by atoms with Gasteiger partial charge in [0.2, 0.25) is 11.8 Å². The first-order valence-electron chi connectivity index (χ1n) is 16.0. The summed E-state index contributed by atoms with van der Waals surface area (Å²) in [5.41, 5.74) is 0.257. The van der Waals surface area contributed by atoms with Crippen LogP contribution in [0, 0.1) is 5.92 Å². The lowest BCUT2D eigenvalue weighted by atomic mass is 10.0. The first-order chi connectivity index (χ1) is 21.4. The van der Waals surface area contributed by atoms with E-state index in [1.807, 2.05) is 57.2 Å². The number of rotatable bonds is 3. The van der Waals surface area contributed by atoms with Gasteiger partial charge in [0.15, 0.2) is 0 Å². The molecule has 4 aliphatic rings. The number of carbonyl (C=O) groups is 5. The number of benzene rings is 1. The maximum Gasteiger partial charge on any atom is 0.410 e. The van der Waals surface area contributed by atoms with E-state index in [2.05, 4.69) is 16.0 Å². The third-order valence-electron chi connectivity index (χ3n) is 9.07. The number of amides is 5. The highest BCUT2D eigenvalue weighted by atomic mass is 16.6. The van der Waals surface area contributed by atoms with Crippen LogP contribution in [-0.4, -0.2) is 87.2 Å². The molecule has 5 atom stereocenters. The van der Waals surface area contributed by atoms with Gasteiger partial charge in [-0.3, -0.25) is 9.59 Å². The fourth-order valence-electron chi connectivity index (χ4n) is 6.55. The Bertz CT molecular complexity index is 1360. The van der Waals surface area contributed by atoms with Crippen LogP contribution in [0.15, 0.2) is 36.4 Å². The number of carboxylic acid groups (broad SMARTS) is 1. The number of ether oxygens (including phenoxy) is 1. The minimum atomic E-state index is -1.44. The van der Waals surface area contributed by atoms with E-state index >= 15 is 0 Å². The van der Waals surface area contributed by atoms with Crippen molar-refractivity contribution in [3.8, 4) is 0 Å². The molecule has 1 saturated heterocycles. The monoisotopic (exact) mass is 623 g/mol. The van der Waals surface area contributed by atoms with Crippen molar-refractivity contribution in [1.29, 1.82) is 0 Å². The maximum atomic E-state index is 14.1. The number of allylic oxidation sites excluding steroid dienone is 1. The quantitative estimate of drug-likeness (QED) is 0.377. The van der Waals surface area contributed by atoms with Crippen molar-refractivity contribution in [2.45, 2.75) is 108 Å². The van der Waals surface area contributed by atoms with Crippen LogP contribution in [-0.2, 0) is 32.1 Å². The zero-order valence-corrected chi connectivity index (χ0v) is 26.3. The molecule has 0 unspecified atom stereocenters. The average Bonchev–Trinajstić information content (AvgIpc) is 3.51. The van der Waals surface area contributed by atoms with Crippen molar-refractivity contribution < 1.29 is 33.8 Å². The first-order valence-corrected chi connectivity index (χ1v) is 16.0. The standard InChI is InChI=1S/C33H45N5O7/c1-32(2,3)36-30(43)34-25-14-8-6-4-5-7-13-23-18-33(23,29(41)42)35-27(39)26-17-24(20-38(26)28(25)40)45-31(44)37-16-15-21-11-9-10-12-22(21)19-37/h7,9-13,23-26H,4-6,8,14-20H2,1-3H3,(H,35,39)(H,41,42)(H2,34,36,43)/b13-7-/t23-,24+,25-,26-,33+/m0/s1. The zero-order chi connectivity index (χ0) is 32.4. The van der Waals surface area contributed by atoms with Crippen LogP contribution in [0.25, 0.3) is 0 Å². The molecule has 12 nitrogen and oxygen atoms in total. The van der Waals surface area contributed by atoms with Gasteiger partial charge < -0.3 is 35.6 Å². The smallest absolute Gasteiger partial charge is 0.410 e. The third-order valence-corrected chi connectivity index (χ3v) is 9.07. The van der Waals surface area contributed by atoms with Crippen LogP contribution in [0.3, 0.4) is 0 Å². The number of hydrogen-bond acceptors (Lipinski definition) is 6. The van der Waals surface area contributed by atoms with E-state index in [1.165, 1.54) is 10.5 Å². The van der Waals surface area contributed by atoms with Crippen molar-refractivity contribution in [2.24, 2.45) is 5.92 Å². The second-order valence-electron chi connectivity index (χ2n) is 13.7. The number of nitrogens with zero attached hydrogens (tertiary/aromatic N) is 2. The van der Waals surface area contributed by atoms with Gasteiger partial charge in [0.1, 0.15) is 23.7 Å². The summed E-state index contributed by atoms with van der Waals surface area (Å²) in [4.78, 5) is 69.3. The SMILES string of the molecule is CC(C)(C)NC(=O)N[C@H]1CCCCC/C=C\[C@H]2C[C@@]2(C(=O)O)NC(=O)[C@@H]2C[C@@H](OC(=O)N3CCc4ccccc4C3)CN2C1=O. The second-order valence-corrected chi connectivity index (χ2v) is 13.7. The lowest BCUT2D eigenvalue weighted by molar-refractivity contribution is -0.145. The fourth-order valence-corrected chi connectivity index (χ4v) is 6.55. The summed E-state index contributed by atoms with van der Waals surface area (Å²) in [5, 5.41) is 18.4. The molecule has 1 aromatic rings. The Morgan fingerprint density at radius 3 is 2.58 bits per heavy atom. The predicted molar refractivity (Wildman–Crippen MR) is 165 cm³/mol. The Morgan fingerprint density at radius 1 is 1.09 bits per heavy atom. The van der Waals surface area contributed by atoms with Gasteiger partial charge in [-0.15, -0.1) is 0 Å². The number of hydrogen-bond donors (Lipinski definition) is 4. The number of fused-ring (bicyclic) bond motifs is 3. The Hall–Kier alpha value is -4.09. The normalized spacial score (nSPS) is 29.5. The van der Waals surface area contributed by atoms with Crippen LogP contribution in [0.1, 0.15) is 76.8 Å². The Labute approximate surface area is 263 Å². The summed E-state index contributed by atoms with van der Waals surface area (Å²) in [5.74, 6) is -2.55. The molecule has 12 heteroatoms. The van der Waals surface area contributed by atoms with Gasteiger partial charge >= 0.3 is 18.1 Å². The highest BCUT2D eigenvalue weighted by molar-refractivity contribution is 5.96. The summed E-state index contributed by atoms with van der Waals surface area (Å²) in [6, 6.07) is 5.43. The van der Waals surface area contributed by atoms with Crippen molar-refractivity contribution in [1.82, 2.24) is 25.8 Å². The van der Waals surface area contributed by atoms with E-state index in [0.717, 1.165) is 24.8 Å². The molecule has 0 bridgehead atoms. The molecule has 5 amide bonds. The zero-order valence-electron chi connectivity index (χ0n) is 26.3. The molecular formula is C33H45N5O7. The van der Waals surface area contributed by atoms with E-state index < -0.39 is 59.2 Å². The van der Waals surface area contributed by atoms with Crippen LogP contribution in [0.5, 0.6) is 0 Å². The van der Waals surface area contributed by atoms with Crippen molar-refractivity contribution in [3.63, 3.8) is 0 Å².